The highest BCUT2D eigenvalue weighted by molar-refractivity contribution is 6.47. The highest BCUT2D eigenvalue weighted by atomic mass is 16.7. The molecule has 3 heteroatoms. The molecule has 0 saturated carbocycles. The van der Waals surface area contributed by atoms with Gasteiger partial charge in [0.15, 0.2) is 0 Å². The molecule has 2 rings (SSSR count). The van der Waals surface area contributed by atoms with E-state index < -0.39 is 0 Å². The molecule has 1 fully saturated rings. The lowest BCUT2D eigenvalue weighted by Crippen LogP contribution is -2.41. The molecule has 1 aliphatic heterocycles. The summed E-state index contributed by atoms with van der Waals surface area (Å²) in [6.45, 7) is 12.9. The first kappa shape index (κ1) is 14.6. The Labute approximate surface area is 117 Å². The van der Waals surface area contributed by atoms with E-state index in [4.69, 9.17) is 9.31 Å². The van der Waals surface area contributed by atoms with Gasteiger partial charge in [-0.15, -0.1) is 0 Å². The average molecular weight is 260 g/mol. The Balaban J connectivity index is 2.12. The molecule has 0 unspecified atom stereocenters. The summed E-state index contributed by atoms with van der Waals surface area (Å²) >= 11 is 0. The molecule has 0 spiro atoms. The summed E-state index contributed by atoms with van der Waals surface area (Å²) in [7, 11) is -0.139. The highest BCUT2D eigenvalue weighted by Crippen LogP contribution is 2.43. The van der Waals surface area contributed by atoms with E-state index in [2.05, 4.69) is 71.9 Å². The van der Waals surface area contributed by atoms with Crippen LogP contribution in [-0.2, 0) is 9.31 Å². The Bertz CT molecular complexity index is 412. The van der Waals surface area contributed by atoms with Gasteiger partial charge in [-0.05, 0) is 45.0 Å². The van der Waals surface area contributed by atoms with Crippen molar-refractivity contribution in [2.24, 2.45) is 0 Å². The van der Waals surface area contributed by atoms with Crippen LogP contribution in [0.2, 0.25) is 5.82 Å². The zero-order valence-corrected chi connectivity index (χ0v) is 12.9. The second kappa shape index (κ2) is 4.95. The normalized spacial score (nSPS) is 24.2. The van der Waals surface area contributed by atoms with Crippen molar-refractivity contribution in [2.75, 3.05) is 0 Å². The van der Waals surface area contributed by atoms with Gasteiger partial charge in [0.2, 0.25) is 0 Å². The van der Waals surface area contributed by atoms with E-state index in [1.165, 1.54) is 5.56 Å². The summed E-state index contributed by atoms with van der Waals surface area (Å²) in [5, 5.41) is 0. The fourth-order valence-electron chi connectivity index (χ4n) is 2.40. The average Bonchev–Trinajstić information content (AvgIpc) is 2.58. The lowest BCUT2D eigenvalue weighted by atomic mass is 9.65. The predicted molar refractivity (Wildman–Crippen MR) is 80.4 cm³/mol. The molecule has 1 heterocycles. The lowest BCUT2D eigenvalue weighted by Gasteiger charge is -2.32. The molecule has 0 aliphatic carbocycles. The van der Waals surface area contributed by atoms with Crippen LogP contribution < -0.4 is 0 Å². The molecule has 19 heavy (non-hydrogen) atoms. The van der Waals surface area contributed by atoms with Crippen LogP contribution in [0.3, 0.4) is 0 Å². The Morgan fingerprint density at radius 2 is 1.37 bits per heavy atom. The van der Waals surface area contributed by atoms with Crippen LogP contribution in [0.25, 0.3) is 0 Å². The SMILES string of the molecule is C[C@@H](B1OC(C)(C)C(C)(C)O1)[C@@H](C)c1ccccc1. The minimum Gasteiger partial charge on any atom is -0.403 e. The first-order valence-corrected chi connectivity index (χ1v) is 7.15. The van der Waals surface area contributed by atoms with Gasteiger partial charge in [0.1, 0.15) is 0 Å². The van der Waals surface area contributed by atoms with Gasteiger partial charge in [-0.1, -0.05) is 44.2 Å². The summed E-state index contributed by atoms with van der Waals surface area (Å²) in [5.41, 5.74) is 0.842. The van der Waals surface area contributed by atoms with E-state index in [-0.39, 0.29) is 18.3 Å². The molecular weight excluding hydrogens is 235 g/mol. The molecule has 104 valence electrons. The van der Waals surface area contributed by atoms with Gasteiger partial charge in [0.25, 0.3) is 0 Å². The third-order valence-electron chi connectivity index (χ3n) is 4.81. The molecule has 2 nitrogen and oxygen atoms in total. The van der Waals surface area contributed by atoms with Gasteiger partial charge in [-0.25, -0.2) is 0 Å². The molecule has 0 radical (unpaired) electrons. The molecule has 0 aromatic heterocycles. The largest absolute Gasteiger partial charge is 0.461 e. The number of hydrogen-bond acceptors (Lipinski definition) is 2. The van der Waals surface area contributed by atoms with E-state index in [9.17, 15) is 0 Å². The fourth-order valence-corrected chi connectivity index (χ4v) is 2.40. The van der Waals surface area contributed by atoms with Crippen molar-refractivity contribution < 1.29 is 9.31 Å². The number of hydrogen-bond donors (Lipinski definition) is 0. The Kier molecular flexibility index (Phi) is 3.81. The van der Waals surface area contributed by atoms with Crippen LogP contribution in [0, 0.1) is 0 Å². The van der Waals surface area contributed by atoms with Crippen molar-refractivity contribution in [2.45, 2.75) is 64.5 Å². The Morgan fingerprint density at radius 1 is 0.895 bits per heavy atom. The van der Waals surface area contributed by atoms with Crippen molar-refractivity contribution in [1.29, 1.82) is 0 Å². The second-order valence-corrected chi connectivity index (χ2v) is 6.68. The van der Waals surface area contributed by atoms with Gasteiger partial charge < -0.3 is 9.31 Å². The monoisotopic (exact) mass is 260 g/mol. The first-order chi connectivity index (χ1) is 8.74. The molecule has 0 amide bonds. The summed E-state index contributed by atoms with van der Waals surface area (Å²) in [5.74, 6) is 0.736. The van der Waals surface area contributed by atoms with E-state index in [1.807, 2.05) is 0 Å². The minimum atomic E-state index is -0.248. The van der Waals surface area contributed by atoms with Crippen molar-refractivity contribution in [3.8, 4) is 0 Å². The molecule has 2 atom stereocenters. The topological polar surface area (TPSA) is 18.5 Å². The maximum atomic E-state index is 6.15. The van der Waals surface area contributed by atoms with E-state index in [0.29, 0.717) is 11.7 Å². The summed E-state index contributed by atoms with van der Waals surface area (Å²) in [6, 6.07) is 10.6. The van der Waals surface area contributed by atoms with Crippen molar-refractivity contribution >= 4 is 7.12 Å². The molecule has 0 N–H and O–H groups in total. The summed E-state index contributed by atoms with van der Waals surface area (Å²) in [6.07, 6.45) is 0. The van der Waals surface area contributed by atoms with Gasteiger partial charge in [-0.2, -0.15) is 0 Å². The van der Waals surface area contributed by atoms with E-state index in [0.717, 1.165) is 0 Å². The van der Waals surface area contributed by atoms with Crippen LogP contribution in [0.5, 0.6) is 0 Å². The van der Waals surface area contributed by atoms with Crippen LogP contribution in [0.1, 0.15) is 53.0 Å². The third kappa shape index (κ3) is 2.73. The second-order valence-electron chi connectivity index (χ2n) is 6.68. The Morgan fingerprint density at radius 3 is 1.84 bits per heavy atom. The highest BCUT2D eigenvalue weighted by Gasteiger charge is 2.53. The first-order valence-electron chi connectivity index (χ1n) is 7.15. The van der Waals surface area contributed by atoms with Crippen LogP contribution in [0.4, 0.5) is 0 Å². The molecular formula is C16H25BO2. The third-order valence-corrected chi connectivity index (χ3v) is 4.81. The van der Waals surface area contributed by atoms with Crippen LogP contribution in [0.15, 0.2) is 30.3 Å². The van der Waals surface area contributed by atoms with Crippen molar-refractivity contribution in [3.05, 3.63) is 35.9 Å². The van der Waals surface area contributed by atoms with Crippen molar-refractivity contribution in [3.63, 3.8) is 0 Å². The molecule has 1 saturated heterocycles. The lowest BCUT2D eigenvalue weighted by molar-refractivity contribution is 0.00578. The molecule has 1 aromatic carbocycles. The van der Waals surface area contributed by atoms with Gasteiger partial charge in [0, 0.05) is 0 Å². The maximum Gasteiger partial charge on any atom is 0.461 e. The van der Waals surface area contributed by atoms with E-state index in [1.54, 1.807) is 0 Å². The number of rotatable bonds is 3. The zero-order valence-electron chi connectivity index (χ0n) is 12.9. The molecule has 1 aromatic rings. The summed E-state index contributed by atoms with van der Waals surface area (Å²) < 4.78 is 12.3. The Hall–Kier alpha value is -0.795. The van der Waals surface area contributed by atoms with Gasteiger partial charge in [0.05, 0.1) is 11.2 Å². The summed E-state index contributed by atoms with van der Waals surface area (Å²) in [4.78, 5) is 0. The predicted octanol–water partition coefficient (Wildman–Crippen LogP) is 4.27. The van der Waals surface area contributed by atoms with Gasteiger partial charge >= 0.3 is 7.12 Å². The van der Waals surface area contributed by atoms with Crippen molar-refractivity contribution in [1.82, 2.24) is 0 Å². The van der Waals surface area contributed by atoms with E-state index >= 15 is 0 Å². The van der Waals surface area contributed by atoms with Gasteiger partial charge in [-0.3, -0.25) is 0 Å². The fraction of sp³-hybridized carbons (Fsp3) is 0.625. The number of benzene rings is 1. The minimum absolute atomic E-state index is 0.139. The smallest absolute Gasteiger partial charge is 0.403 e. The zero-order chi connectivity index (χ0) is 14.3. The van der Waals surface area contributed by atoms with Crippen LogP contribution in [-0.4, -0.2) is 18.3 Å². The van der Waals surface area contributed by atoms with Crippen LogP contribution >= 0.6 is 0 Å². The maximum absolute atomic E-state index is 6.15. The molecule has 0 bridgehead atoms. The molecule has 1 aliphatic rings. The standard InChI is InChI=1S/C16H25BO2/c1-12(14-10-8-7-9-11-14)13(2)17-18-15(3,4)16(5,6)19-17/h7-13H,1-6H3/t12-,13-/m1/s1. The quantitative estimate of drug-likeness (QED) is 0.755.